The molecule has 2 fully saturated rings. The number of likely N-dealkylation sites (N-methyl/N-ethyl adjacent to an activating group) is 1. The maximum absolute atomic E-state index is 12.9. The highest BCUT2D eigenvalue weighted by Crippen LogP contribution is 2.20. The number of aromatic nitrogens is 2. The van der Waals surface area contributed by atoms with Crippen molar-refractivity contribution in [2.24, 2.45) is 5.92 Å². The van der Waals surface area contributed by atoms with Gasteiger partial charge in [0.15, 0.2) is 0 Å². The van der Waals surface area contributed by atoms with Crippen LogP contribution < -0.4 is 0 Å². The van der Waals surface area contributed by atoms with E-state index in [0.29, 0.717) is 24.9 Å². The number of hydrogen-bond acceptors (Lipinski definition) is 4. The summed E-state index contributed by atoms with van der Waals surface area (Å²) in [5.74, 6) is 1.62. The summed E-state index contributed by atoms with van der Waals surface area (Å²) in [4.78, 5) is 21.9. The van der Waals surface area contributed by atoms with E-state index in [-0.39, 0.29) is 5.91 Å². The van der Waals surface area contributed by atoms with E-state index in [9.17, 15) is 4.79 Å². The molecule has 0 spiro atoms. The minimum Gasteiger partial charge on any atom is -0.379 e. The number of benzene rings is 1. The molecular formula is C19H26N4O2. The maximum atomic E-state index is 12.9. The van der Waals surface area contributed by atoms with Crippen LogP contribution in [0.5, 0.6) is 0 Å². The normalized spacial score (nSPS) is 24.5. The second-order valence-corrected chi connectivity index (χ2v) is 7.34. The lowest BCUT2D eigenvalue weighted by molar-refractivity contribution is -0.133. The summed E-state index contributed by atoms with van der Waals surface area (Å²) in [7, 11) is 2.14. The van der Waals surface area contributed by atoms with Crippen LogP contribution in [0.4, 0.5) is 0 Å². The number of imidazole rings is 1. The van der Waals surface area contributed by atoms with Gasteiger partial charge in [-0.3, -0.25) is 9.69 Å². The van der Waals surface area contributed by atoms with Crippen LogP contribution in [0.15, 0.2) is 24.3 Å². The highest BCUT2D eigenvalue weighted by atomic mass is 16.5. The Kier molecular flexibility index (Phi) is 4.48. The van der Waals surface area contributed by atoms with Crippen LogP contribution in [0.1, 0.15) is 12.2 Å². The van der Waals surface area contributed by atoms with Crippen molar-refractivity contribution in [3.05, 3.63) is 30.1 Å². The van der Waals surface area contributed by atoms with Crippen LogP contribution in [0, 0.1) is 12.8 Å². The van der Waals surface area contributed by atoms with Crippen LogP contribution in [-0.4, -0.2) is 71.2 Å². The molecule has 1 amide bonds. The van der Waals surface area contributed by atoms with Gasteiger partial charge in [-0.15, -0.1) is 0 Å². The fourth-order valence-corrected chi connectivity index (χ4v) is 4.10. The number of aryl methyl sites for hydroxylation is 2. The SMILES string of the molecule is Cc1nc2ccccc2n1CCC(=O)N1C[C@@H]2COC[C@H](C1)N(C)C2. The van der Waals surface area contributed by atoms with Crippen molar-refractivity contribution in [3.63, 3.8) is 0 Å². The van der Waals surface area contributed by atoms with Crippen molar-refractivity contribution in [2.75, 3.05) is 39.9 Å². The Balaban J connectivity index is 1.46. The first kappa shape index (κ1) is 16.5. The van der Waals surface area contributed by atoms with E-state index in [2.05, 4.69) is 32.5 Å². The molecule has 2 aliphatic rings. The lowest BCUT2D eigenvalue weighted by atomic mass is 10.1. The topological polar surface area (TPSA) is 50.6 Å². The summed E-state index contributed by atoms with van der Waals surface area (Å²) in [6.07, 6.45) is 0.519. The third-order valence-electron chi connectivity index (χ3n) is 5.49. The standard InChI is InChI=1S/C19H26N4O2/c1-14-20-17-5-3-4-6-18(17)23(14)8-7-19(24)22-10-15-9-21(2)16(11-22)13-25-12-15/h3-6,15-16H,7-13H2,1-2H3/t15-,16+/m1/s1. The average Bonchev–Trinajstić information content (AvgIpc) is 2.68. The molecule has 2 aromatic rings. The van der Waals surface area contributed by atoms with E-state index in [4.69, 9.17) is 4.74 Å². The summed E-state index contributed by atoms with van der Waals surface area (Å²) < 4.78 is 7.90. The Morgan fingerprint density at radius 2 is 2.08 bits per heavy atom. The van der Waals surface area contributed by atoms with E-state index in [1.807, 2.05) is 25.1 Å². The van der Waals surface area contributed by atoms with Gasteiger partial charge in [0.2, 0.25) is 5.91 Å². The molecular weight excluding hydrogens is 316 g/mol. The number of carbonyl (C=O) groups is 1. The molecule has 1 aromatic carbocycles. The van der Waals surface area contributed by atoms with Gasteiger partial charge in [-0.05, 0) is 26.1 Å². The molecule has 0 unspecified atom stereocenters. The van der Waals surface area contributed by atoms with Gasteiger partial charge in [0.05, 0.1) is 30.3 Å². The molecule has 0 aliphatic carbocycles. The molecule has 2 atom stereocenters. The van der Waals surface area contributed by atoms with E-state index in [1.54, 1.807) is 0 Å². The van der Waals surface area contributed by atoms with Crippen molar-refractivity contribution in [3.8, 4) is 0 Å². The van der Waals surface area contributed by atoms with Crippen molar-refractivity contribution in [1.29, 1.82) is 0 Å². The van der Waals surface area contributed by atoms with Crippen LogP contribution in [0.2, 0.25) is 0 Å². The summed E-state index contributed by atoms with van der Waals surface area (Å²) in [6, 6.07) is 8.42. The molecule has 3 heterocycles. The minimum atomic E-state index is 0.240. The number of carbonyl (C=O) groups excluding carboxylic acids is 1. The van der Waals surface area contributed by atoms with Crippen molar-refractivity contribution < 1.29 is 9.53 Å². The number of hydrogen-bond donors (Lipinski definition) is 0. The van der Waals surface area contributed by atoms with Crippen molar-refractivity contribution in [2.45, 2.75) is 25.9 Å². The highest BCUT2D eigenvalue weighted by Gasteiger charge is 2.33. The lowest BCUT2D eigenvalue weighted by Crippen LogP contribution is -2.44. The Morgan fingerprint density at radius 3 is 2.96 bits per heavy atom. The quantitative estimate of drug-likeness (QED) is 0.849. The summed E-state index contributed by atoms with van der Waals surface area (Å²) in [5, 5.41) is 0. The fraction of sp³-hybridized carbons (Fsp3) is 0.579. The number of fused-ring (bicyclic) bond motifs is 4. The highest BCUT2D eigenvalue weighted by molar-refractivity contribution is 5.78. The first-order valence-corrected chi connectivity index (χ1v) is 9.09. The Hall–Kier alpha value is -1.92. The molecule has 0 N–H and O–H groups in total. The molecule has 134 valence electrons. The monoisotopic (exact) mass is 342 g/mol. The van der Waals surface area contributed by atoms with Gasteiger partial charge in [0.1, 0.15) is 5.82 Å². The van der Waals surface area contributed by atoms with Crippen molar-refractivity contribution in [1.82, 2.24) is 19.4 Å². The van der Waals surface area contributed by atoms with Crippen LogP contribution >= 0.6 is 0 Å². The molecule has 6 heteroatoms. The Bertz CT molecular complexity index is 772. The first-order chi connectivity index (χ1) is 12.1. The second-order valence-electron chi connectivity index (χ2n) is 7.34. The zero-order chi connectivity index (χ0) is 17.4. The van der Waals surface area contributed by atoms with Gasteiger partial charge < -0.3 is 14.2 Å². The minimum absolute atomic E-state index is 0.240. The summed E-state index contributed by atoms with van der Waals surface area (Å²) >= 11 is 0. The van der Waals surface area contributed by atoms with Gasteiger partial charge >= 0.3 is 0 Å². The van der Waals surface area contributed by atoms with Crippen LogP contribution in [0.25, 0.3) is 11.0 Å². The number of para-hydroxylation sites is 2. The van der Waals surface area contributed by atoms with E-state index >= 15 is 0 Å². The average molecular weight is 342 g/mol. The van der Waals surface area contributed by atoms with Crippen LogP contribution in [-0.2, 0) is 16.1 Å². The zero-order valence-corrected chi connectivity index (χ0v) is 15.0. The van der Waals surface area contributed by atoms with Gasteiger partial charge in [-0.25, -0.2) is 4.98 Å². The Labute approximate surface area is 148 Å². The van der Waals surface area contributed by atoms with Gasteiger partial charge in [-0.1, -0.05) is 12.1 Å². The van der Waals surface area contributed by atoms with Crippen LogP contribution in [0.3, 0.4) is 0 Å². The van der Waals surface area contributed by atoms with E-state index in [1.165, 1.54) is 0 Å². The number of nitrogens with zero attached hydrogens (tertiary/aromatic N) is 4. The second kappa shape index (κ2) is 6.77. The first-order valence-electron chi connectivity index (χ1n) is 9.09. The third kappa shape index (κ3) is 3.28. The number of rotatable bonds is 3. The molecule has 2 bridgehead atoms. The number of amides is 1. The van der Waals surface area contributed by atoms with Gasteiger partial charge in [-0.2, -0.15) is 0 Å². The molecule has 0 saturated carbocycles. The number of ether oxygens (including phenoxy) is 1. The third-order valence-corrected chi connectivity index (χ3v) is 5.49. The lowest BCUT2D eigenvalue weighted by Gasteiger charge is -2.30. The summed E-state index contributed by atoms with van der Waals surface area (Å²) in [5.41, 5.74) is 2.10. The predicted molar refractivity (Wildman–Crippen MR) is 96.4 cm³/mol. The van der Waals surface area contributed by atoms with Crippen molar-refractivity contribution >= 4 is 16.9 Å². The Morgan fingerprint density at radius 1 is 1.24 bits per heavy atom. The molecule has 25 heavy (non-hydrogen) atoms. The molecule has 1 aromatic heterocycles. The smallest absolute Gasteiger partial charge is 0.224 e. The zero-order valence-electron chi connectivity index (χ0n) is 15.0. The fourth-order valence-electron chi connectivity index (χ4n) is 4.10. The largest absolute Gasteiger partial charge is 0.379 e. The van der Waals surface area contributed by atoms with E-state index < -0.39 is 0 Å². The van der Waals surface area contributed by atoms with Gasteiger partial charge in [0, 0.05) is 38.5 Å². The molecule has 0 radical (unpaired) electrons. The maximum Gasteiger partial charge on any atom is 0.224 e. The molecule has 6 nitrogen and oxygen atoms in total. The molecule has 2 saturated heterocycles. The summed E-state index contributed by atoms with van der Waals surface area (Å²) in [6.45, 7) is 6.77. The predicted octanol–water partition coefficient (Wildman–Crippen LogP) is 1.52. The molecule has 4 rings (SSSR count). The van der Waals surface area contributed by atoms with E-state index in [0.717, 1.165) is 49.7 Å². The molecule has 2 aliphatic heterocycles. The van der Waals surface area contributed by atoms with Gasteiger partial charge in [0.25, 0.3) is 0 Å².